The van der Waals surface area contributed by atoms with Crippen LogP contribution in [0, 0.1) is 12.8 Å². The first kappa shape index (κ1) is 12.6. The van der Waals surface area contributed by atoms with E-state index in [1.165, 1.54) is 37.7 Å². The third kappa shape index (κ3) is 3.32. The van der Waals surface area contributed by atoms with Gasteiger partial charge in [-0.05, 0) is 38.2 Å². The summed E-state index contributed by atoms with van der Waals surface area (Å²) in [6, 6.07) is 8.27. The first-order chi connectivity index (χ1) is 8.08. The summed E-state index contributed by atoms with van der Waals surface area (Å²) in [4.78, 5) is 0. The van der Waals surface area contributed by atoms with E-state index >= 15 is 0 Å². The number of rotatable bonds is 4. The van der Waals surface area contributed by atoms with Gasteiger partial charge in [-0.1, -0.05) is 55.5 Å². The van der Waals surface area contributed by atoms with E-state index in [4.69, 9.17) is 0 Å². The molecule has 0 saturated heterocycles. The van der Waals surface area contributed by atoms with E-state index in [0.717, 1.165) is 17.9 Å². The molecule has 0 aliphatic heterocycles. The van der Waals surface area contributed by atoms with Gasteiger partial charge in [0.05, 0.1) is 5.60 Å². The molecule has 0 radical (unpaired) electrons. The smallest absolute Gasteiger partial charge is 0.0868 e. The molecule has 1 N–H and O–H groups in total. The van der Waals surface area contributed by atoms with Gasteiger partial charge in [0.2, 0.25) is 0 Å². The number of aliphatic hydroxyl groups is 1. The monoisotopic (exact) mass is 232 g/mol. The maximum atomic E-state index is 10.6. The summed E-state index contributed by atoms with van der Waals surface area (Å²) >= 11 is 0. The molecule has 0 heterocycles. The van der Waals surface area contributed by atoms with E-state index in [1.54, 1.807) is 0 Å². The minimum atomic E-state index is -0.658. The zero-order valence-electron chi connectivity index (χ0n) is 11.1. The molecule has 1 aliphatic rings. The van der Waals surface area contributed by atoms with Gasteiger partial charge in [-0.2, -0.15) is 0 Å². The molecule has 1 aromatic carbocycles. The fraction of sp³-hybridized carbons (Fsp3) is 0.625. The van der Waals surface area contributed by atoms with Crippen LogP contribution in [0.5, 0.6) is 0 Å². The van der Waals surface area contributed by atoms with Gasteiger partial charge in [0, 0.05) is 0 Å². The standard InChI is InChI=1S/C16H24O/c1-13-6-5-9-15(12-13)16(2,17)11-10-14-7-3-4-8-14/h5-6,9,12,14,17H,3-4,7-8,10-11H2,1-2H3. The van der Waals surface area contributed by atoms with Crippen molar-refractivity contribution in [3.63, 3.8) is 0 Å². The van der Waals surface area contributed by atoms with Crippen LogP contribution in [0.2, 0.25) is 0 Å². The van der Waals surface area contributed by atoms with Gasteiger partial charge in [0.1, 0.15) is 0 Å². The maximum Gasteiger partial charge on any atom is 0.0868 e. The molecule has 1 heteroatoms. The van der Waals surface area contributed by atoms with Crippen LogP contribution < -0.4 is 0 Å². The predicted molar refractivity (Wildman–Crippen MR) is 71.9 cm³/mol. The topological polar surface area (TPSA) is 20.2 Å². The Morgan fingerprint density at radius 3 is 2.65 bits per heavy atom. The Hall–Kier alpha value is -0.820. The number of hydrogen-bond acceptors (Lipinski definition) is 1. The predicted octanol–water partition coefficient (Wildman–Crippen LogP) is 4.17. The molecule has 17 heavy (non-hydrogen) atoms. The summed E-state index contributed by atoms with van der Waals surface area (Å²) in [7, 11) is 0. The minimum absolute atomic E-state index is 0.658. The number of benzene rings is 1. The van der Waals surface area contributed by atoms with Crippen molar-refractivity contribution < 1.29 is 5.11 Å². The summed E-state index contributed by atoms with van der Waals surface area (Å²) in [6.07, 6.45) is 7.56. The van der Waals surface area contributed by atoms with Crippen LogP contribution >= 0.6 is 0 Å². The van der Waals surface area contributed by atoms with Crippen LogP contribution in [0.4, 0.5) is 0 Å². The molecule has 1 fully saturated rings. The van der Waals surface area contributed by atoms with Crippen LogP contribution in [0.3, 0.4) is 0 Å². The molecule has 2 rings (SSSR count). The van der Waals surface area contributed by atoms with Crippen molar-refractivity contribution in [2.75, 3.05) is 0 Å². The van der Waals surface area contributed by atoms with Gasteiger partial charge >= 0.3 is 0 Å². The first-order valence-corrected chi connectivity index (χ1v) is 6.87. The lowest BCUT2D eigenvalue weighted by Crippen LogP contribution is -2.22. The molecule has 1 nitrogen and oxygen atoms in total. The summed E-state index contributed by atoms with van der Waals surface area (Å²) in [5, 5.41) is 10.6. The van der Waals surface area contributed by atoms with E-state index in [2.05, 4.69) is 19.1 Å². The van der Waals surface area contributed by atoms with Crippen molar-refractivity contribution in [1.29, 1.82) is 0 Å². The highest BCUT2D eigenvalue weighted by Gasteiger charge is 2.25. The second-order valence-corrected chi connectivity index (χ2v) is 5.83. The summed E-state index contributed by atoms with van der Waals surface area (Å²) in [6.45, 7) is 4.03. The van der Waals surface area contributed by atoms with Crippen molar-refractivity contribution >= 4 is 0 Å². The second kappa shape index (κ2) is 5.22. The Morgan fingerprint density at radius 1 is 1.29 bits per heavy atom. The van der Waals surface area contributed by atoms with Crippen molar-refractivity contribution in [3.05, 3.63) is 35.4 Å². The highest BCUT2D eigenvalue weighted by Crippen LogP contribution is 2.34. The minimum Gasteiger partial charge on any atom is -0.385 e. The third-order valence-electron chi connectivity index (χ3n) is 4.15. The van der Waals surface area contributed by atoms with E-state index in [-0.39, 0.29) is 0 Å². The van der Waals surface area contributed by atoms with Crippen molar-refractivity contribution in [2.24, 2.45) is 5.92 Å². The fourth-order valence-corrected chi connectivity index (χ4v) is 2.91. The second-order valence-electron chi connectivity index (χ2n) is 5.83. The average molecular weight is 232 g/mol. The van der Waals surface area contributed by atoms with Gasteiger partial charge in [-0.3, -0.25) is 0 Å². The molecule has 0 amide bonds. The SMILES string of the molecule is Cc1cccc(C(C)(O)CCC2CCCC2)c1. The molecule has 1 saturated carbocycles. The zero-order valence-corrected chi connectivity index (χ0v) is 11.1. The largest absolute Gasteiger partial charge is 0.385 e. The Morgan fingerprint density at radius 2 is 2.00 bits per heavy atom. The van der Waals surface area contributed by atoms with Gasteiger partial charge in [-0.15, -0.1) is 0 Å². The van der Waals surface area contributed by atoms with E-state index < -0.39 is 5.60 Å². The van der Waals surface area contributed by atoms with Gasteiger partial charge in [0.15, 0.2) is 0 Å². The summed E-state index contributed by atoms with van der Waals surface area (Å²) in [5.74, 6) is 0.853. The van der Waals surface area contributed by atoms with Crippen LogP contribution in [0.25, 0.3) is 0 Å². The zero-order chi connectivity index (χ0) is 12.3. The summed E-state index contributed by atoms with van der Waals surface area (Å²) < 4.78 is 0. The maximum absolute atomic E-state index is 10.6. The summed E-state index contributed by atoms with van der Waals surface area (Å²) in [5.41, 5.74) is 1.63. The van der Waals surface area contributed by atoms with Gasteiger partial charge in [0.25, 0.3) is 0 Å². The molecule has 0 bridgehead atoms. The van der Waals surface area contributed by atoms with Crippen molar-refractivity contribution in [3.8, 4) is 0 Å². The molecule has 1 atom stereocenters. The Balaban J connectivity index is 1.97. The average Bonchev–Trinajstić information content (AvgIpc) is 2.79. The molecular formula is C16H24O. The van der Waals surface area contributed by atoms with Crippen LogP contribution in [0.15, 0.2) is 24.3 Å². The first-order valence-electron chi connectivity index (χ1n) is 6.87. The van der Waals surface area contributed by atoms with Gasteiger partial charge in [-0.25, -0.2) is 0 Å². The van der Waals surface area contributed by atoms with Crippen molar-refractivity contribution in [2.45, 2.75) is 58.0 Å². The normalized spacial score (nSPS) is 20.4. The van der Waals surface area contributed by atoms with Gasteiger partial charge < -0.3 is 5.11 Å². The molecule has 0 spiro atoms. The molecule has 1 aliphatic carbocycles. The van der Waals surface area contributed by atoms with E-state index in [0.29, 0.717) is 0 Å². The van der Waals surface area contributed by atoms with Crippen LogP contribution in [-0.2, 0) is 5.60 Å². The van der Waals surface area contributed by atoms with Crippen molar-refractivity contribution in [1.82, 2.24) is 0 Å². The molecule has 1 unspecified atom stereocenters. The fourth-order valence-electron chi connectivity index (χ4n) is 2.91. The third-order valence-corrected chi connectivity index (χ3v) is 4.15. The lowest BCUT2D eigenvalue weighted by Gasteiger charge is -2.25. The molecule has 94 valence electrons. The molecule has 1 aromatic rings. The van der Waals surface area contributed by atoms with E-state index in [9.17, 15) is 5.11 Å². The quantitative estimate of drug-likeness (QED) is 0.826. The Labute approximate surface area is 105 Å². The van der Waals surface area contributed by atoms with Crippen LogP contribution in [-0.4, -0.2) is 5.11 Å². The highest BCUT2D eigenvalue weighted by atomic mass is 16.3. The van der Waals surface area contributed by atoms with E-state index in [1.807, 2.05) is 19.1 Å². The number of aryl methyl sites for hydroxylation is 1. The molecular weight excluding hydrogens is 208 g/mol. The lowest BCUT2D eigenvalue weighted by atomic mass is 9.87. The molecule has 0 aromatic heterocycles. The number of hydrogen-bond donors (Lipinski definition) is 1. The van der Waals surface area contributed by atoms with Crippen LogP contribution in [0.1, 0.15) is 56.6 Å². The Kier molecular flexibility index (Phi) is 3.88. The Bertz CT molecular complexity index is 362. The lowest BCUT2D eigenvalue weighted by molar-refractivity contribution is 0.0408. The highest BCUT2D eigenvalue weighted by molar-refractivity contribution is 5.26.